The van der Waals surface area contributed by atoms with Gasteiger partial charge in [-0.05, 0) is 36.4 Å². The summed E-state index contributed by atoms with van der Waals surface area (Å²) in [6, 6.07) is 16.6. The van der Waals surface area contributed by atoms with Gasteiger partial charge in [-0.2, -0.15) is 0 Å². The standard InChI is InChI=1S/C15H15NO3/c1-16(15(18)11-17)12-7-9-14(10-8-12)19-13-5-3-2-4-6-13/h2-10,17H,11H2,1H3. The van der Waals surface area contributed by atoms with Crippen molar-refractivity contribution in [3.05, 3.63) is 54.6 Å². The van der Waals surface area contributed by atoms with Gasteiger partial charge in [0.1, 0.15) is 18.1 Å². The number of rotatable bonds is 4. The smallest absolute Gasteiger partial charge is 0.252 e. The molecular formula is C15H15NO3. The molecule has 0 saturated carbocycles. The first kappa shape index (κ1) is 13.1. The largest absolute Gasteiger partial charge is 0.457 e. The second-order valence-electron chi connectivity index (χ2n) is 4.02. The molecule has 0 fully saturated rings. The monoisotopic (exact) mass is 257 g/mol. The Balaban J connectivity index is 2.08. The van der Waals surface area contributed by atoms with Crippen LogP contribution < -0.4 is 9.64 Å². The molecule has 0 saturated heterocycles. The SMILES string of the molecule is CN(C(=O)CO)c1ccc(Oc2ccccc2)cc1. The highest BCUT2D eigenvalue weighted by Crippen LogP contribution is 2.23. The number of nitrogens with zero attached hydrogens (tertiary/aromatic N) is 1. The molecule has 2 rings (SSSR count). The number of benzene rings is 2. The van der Waals surface area contributed by atoms with Crippen LogP contribution in [-0.4, -0.2) is 24.7 Å². The molecule has 98 valence electrons. The fourth-order valence-corrected chi connectivity index (χ4v) is 1.61. The molecule has 0 atom stereocenters. The summed E-state index contributed by atoms with van der Waals surface area (Å²) in [6.45, 7) is -0.501. The van der Waals surface area contributed by atoms with Gasteiger partial charge in [-0.15, -0.1) is 0 Å². The van der Waals surface area contributed by atoms with Crippen molar-refractivity contribution in [3.8, 4) is 11.5 Å². The molecule has 4 heteroatoms. The van der Waals surface area contributed by atoms with E-state index in [1.165, 1.54) is 4.90 Å². The van der Waals surface area contributed by atoms with E-state index in [1.807, 2.05) is 30.3 Å². The van der Waals surface area contributed by atoms with Gasteiger partial charge in [-0.1, -0.05) is 18.2 Å². The molecule has 0 aliphatic rings. The summed E-state index contributed by atoms with van der Waals surface area (Å²) < 4.78 is 5.65. The fourth-order valence-electron chi connectivity index (χ4n) is 1.61. The number of hydrogen-bond acceptors (Lipinski definition) is 3. The maximum Gasteiger partial charge on any atom is 0.252 e. The molecule has 2 aromatic rings. The van der Waals surface area contributed by atoms with Gasteiger partial charge in [0.2, 0.25) is 0 Å². The van der Waals surface area contributed by atoms with Crippen LogP contribution in [0.15, 0.2) is 54.6 Å². The van der Waals surface area contributed by atoms with Gasteiger partial charge in [0.05, 0.1) is 0 Å². The molecule has 0 aliphatic carbocycles. The second kappa shape index (κ2) is 6.02. The normalized spacial score (nSPS) is 10.0. The van der Waals surface area contributed by atoms with Gasteiger partial charge >= 0.3 is 0 Å². The summed E-state index contributed by atoms with van der Waals surface area (Å²) in [7, 11) is 1.62. The van der Waals surface area contributed by atoms with Crippen LogP contribution >= 0.6 is 0 Å². The van der Waals surface area contributed by atoms with E-state index >= 15 is 0 Å². The van der Waals surface area contributed by atoms with Crippen molar-refractivity contribution < 1.29 is 14.6 Å². The predicted octanol–water partition coefficient (Wildman–Crippen LogP) is 2.43. The minimum absolute atomic E-state index is 0.350. The predicted molar refractivity (Wildman–Crippen MR) is 73.5 cm³/mol. The van der Waals surface area contributed by atoms with Crippen LogP contribution in [0.2, 0.25) is 0 Å². The van der Waals surface area contributed by atoms with Gasteiger partial charge < -0.3 is 14.7 Å². The first-order valence-electron chi connectivity index (χ1n) is 5.91. The lowest BCUT2D eigenvalue weighted by atomic mass is 10.2. The Labute approximate surface area is 111 Å². The number of amides is 1. The molecule has 0 spiro atoms. The van der Waals surface area contributed by atoms with Crippen LogP contribution in [0.1, 0.15) is 0 Å². The molecule has 1 amide bonds. The molecule has 2 aromatic carbocycles. The Morgan fingerprint density at radius 1 is 1.05 bits per heavy atom. The van der Waals surface area contributed by atoms with E-state index in [-0.39, 0.29) is 5.91 Å². The number of likely N-dealkylation sites (N-methyl/N-ethyl adjacent to an activating group) is 1. The molecule has 0 aliphatic heterocycles. The zero-order valence-electron chi connectivity index (χ0n) is 10.6. The van der Waals surface area contributed by atoms with Gasteiger partial charge in [-0.3, -0.25) is 4.79 Å². The lowest BCUT2D eigenvalue weighted by molar-refractivity contribution is -0.120. The van der Waals surface area contributed by atoms with E-state index in [9.17, 15) is 4.79 Å². The minimum atomic E-state index is -0.501. The Bertz CT molecular complexity index is 537. The molecule has 1 N–H and O–H groups in total. The maximum absolute atomic E-state index is 11.3. The number of aliphatic hydroxyl groups excluding tert-OH is 1. The molecule has 0 radical (unpaired) electrons. The van der Waals surface area contributed by atoms with E-state index < -0.39 is 6.61 Å². The average molecular weight is 257 g/mol. The van der Waals surface area contributed by atoms with E-state index in [2.05, 4.69) is 0 Å². The lowest BCUT2D eigenvalue weighted by Gasteiger charge is -2.16. The fraction of sp³-hybridized carbons (Fsp3) is 0.133. The number of carbonyl (C=O) groups is 1. The number of carbonyl (C=O) groups excluding carboxylic acids is 1. The van der Waals surface area contributed by atoms with Crippen LogP contribution in [0.3, 0.4) is 0 Å². The summed E-state index contributed by atoms with van der Waals surface area (Å²) >= 11 is 0. The van der Waals surface area contributed by atoms with E-state index in [4.69, 9.17) is 9.84 Å². The van der Waals surface area contributed by atoms with Gasteiger partial charge in [0.25, 0.3) is 5.91 Å². The second-order valence-corrected chi connectivity index (χ2v) is 4.02. The maximum atomic E-state index is 11.3. The zero-order chi connectivity index (χ0) is 13.7. The van der Waals surface area contributed by atoms with E-state index in [0.717, 1.165) is 5.75 Å². The highest BCUT2D eigenvalue weighted by Gasteiger charge is 2.09. The third-order valence-electron chi connectivity index (χ3n) is 2.71. The van der Waals surface area contributed by atoms with Crippen molar-refractivity contribution in [2.75, 3.05) is 18.6 Å². The molecule has 4 nitrogen and oxygen atoms in total. The Morgan fingerprint density at radius 3 is 2.21 bits per heavy atom. The van der Waals surface area contributed by atoms with Crippen molar-refractivity contribution in [1.82, 2.24) is 0 Å². The van der Waals surface area contributed by atoms with Crippen molar-refractivity contribution in [1.29, 1.82) is 0 Å². The van der Waals surface area contributed by atoms with Crippen molar-refractivity contribution in [3.63, 3.8) is 0 Å². The molecular weight excluding hydrogens is 242 g/mol. The number of hydrogen-bond donors (Lipinski definition) is 1. The average Bonchev–Trinajstić information content (AvgIpc) is 2.47. The third kappa shape index (κ3) is 3.33. The molecule has 0 heterocycles. The van der Waals surface area contributed by atoms with Crippen molar-refractivity contribution in [2.45, 2.75) is 0 Å². The first-order chi connectivity index (χ1) is 9.20. The quantitative estimate of drug-likeness (QED) is 0.915. The Morgan fingerprint density at radius 2 is 1.63 bits per heavy atom. The van der Waals surface area contributed by atoms with Gasteiger partial charge in [0.15, 0.2) is 0 Å². The van der Waals surface area contributed by atoms with E-state index in [1.54, 1.807) is 31.3 Å². The number of aliphatic hydroxyl groups is 1. The number of anilines is 1. The van der Waals surface area contributed by atoms with Crippen LogP contribution in [0.5, 0.6) is 11.5 Å². The summed E-state index contributed by atoms with van der Waals surface area (Å²) in [6.07, 6.45) is 0. The minimum Gasteiger partial charge on any atom is -0.457 e. The number of para-hydroxylation sites is 1. The molecule has 0 unspecified atom stereocenters. The van der Waals surface area contributed by atoms with Crippen molar-refractivity contribution in [2.24, 2.45) is 0 Å². The Hall–Kier alpha value is -2.33. The zero-order valence-corrected chi connectivity index (χ0v) is 10.6. The summed E-state index contributed by atoms with van der Waals surface area (Å²) in [4.78, 5) is 12.7. The van der Waals surface area contributed by atoms with Gasteiger partial charge in [0, 0.05) is 12.7 Å². The van der Waals surface area contributed by atoms with Crippen LogP contribution in [-0.2, 0) is 4.79 Å². The topological polar surface area (TPSA) is 49.8 Å². The number of ether oxygens (including phenoxy) is 1. The summed E-state index contributed by atoms with van der Waals surface area (Å²) in [5.41, 5.74) is 0.708. The third-order valence-corrected chi connectivity index (χ3v) is 2.71. The highest BCUT2D eigenvalue weighted by molar-refractivity contribution is 5.93. The van der Waals surface area contributed by atoms with E-state index in [0.29, 0.717) is 11.4 Å². The summed E-state index contributed by atoms with van der Waals surface area (Å²) in [5, 5.41) is 8.80. The summed E-state index contributed by atoms with van der Waals surface area (Å²) in [5.74, 6) is 1.10. The van der Waals surface area contributed by atoms with Crippen LogP contribution in [0.4, 0.5) is 5.69 Å². The van der Waals surface area contributed by atoms with Crippen molar-refractivity contribution >= 4 is 11.6 Å². The molecule has 0 bridgehead atoms. The highest BCUT2D eigenvalue weighted by atomic mass is 16.5. The van der Waals surface area contributed by atoms with Gasteiger partial charge in [-0.25, -0.2) is 0 Å². The first-order valence-corrected chi connectivity index (χ1v) is 5.91. The molecule has 19 heavy (non-hydrogen) atoms. The molecule has 0 aromatic heterocycles. The Kier molecular flexibility index (Phi) is 4.15. The lowest BCUT2D eigenvalue weighted by Crippen LogP contribution is -2.28. The van der Waals surface area contributed by atoms with Crippen LogP contribution in [0, 0.1) is 0 Å². The van der Waals surface area contributed by atoms with Crippen LogP contribution in [0.25, 0.3) is 0 Å².